The second-order valence-corrected chi connectivity index (χ2v) is 8.23. The van der Waals surface area contributed by atoms with Gasteiger partial charge in [-0.3, -0.25) is 13.8 Å². The van der Waals surface area contributed by atoms with Gasteiger partial charge in [0.15, 0.2) is 0 Å². The van der Waals surface area contributed by atoms with E-state index in [-0.39, 0.29) is 17.6 Å². The van der Waals surface area contributed by atoms with E-state index in [4.69, 9.17) is 0 Å². The van der Waals surface area contributed by atoms with Crippen molar-refractivity contribution in [1.29, 1.82) is 0 Å². The van der Waals surface area contributed by atoms with Gasteiger partial charge in [-0.05, 0) is 29.3 Å². The molecule has 0 bridgehead atoms. The van der Waals surface area contributed by atoms with Crippen LogP contribution in [0.5, 0.6) is 0 Å². The lowest BCUT2D eigenvalue weighted by atomic mass is 10.1. The monoisotopic (exact) mass is 404 g/mol. The molecular weight excluding hydrogens is 384 g/mol. The number of carbonyl (C=O) groups is 2. The average molecular weight is 404 g/mol. The molecule has 0 spiro atoms. The van der Waals surface area contributed by atoms with Crippen molar-refractivity contribution < 1.29 is 13.8 Å². The van der Waals surface area contributed by atoms with Gasteiger partial charge < -0.3 is 10.2 Å². The minimum atomic E-state index is -1.40. The number of nitrogens with zero attached hydrogens (tertiary/aromatic N) is 1. The van der Waals surface area contributed by atoms with Gasteiger partial charge in [0.2, 0.25) is 5.91 Å². The van der Waals surface area contributed by atoms with Crippen LogP contribution < -0.4 is 10.2 Å². The highest BCUT2D eigenvalue weighted by molar-refractivity contribution is 7.86. The predicted molar refractivity (Wildman–Crippen MR) is 113 cm³/mol. The van der Waals surface area contributed by atoms with E-state index in [9.17, 15) is 13.8 Å². The Labute approximate surface area is 171 Å². The molecule has 6 heteroatoms. The second-order valence-electron chi connectivity index (χ2n) is 6.81. The maximum Gasteiger partial charge on any atom is 0.251 e. The molecule has 29 heavy (non-hydrogen) atoms. The lowest BCUT2D eigenvalue weighted by molar-refractivity contribution is -0.116. The van der Waals surface area contributed by atoms with E-state index in [1.54, 1.807) is 23.1 Å². The Kier molecular flexibility index (Phi) is 5.53. The van der Waals surface area contributed by atoms with Crippen LogP contribution in [0.1, 0.15) is 21.5 Å². The van der Waals surface area contributed by atoms with Crippen LogP contribution in [-0.2, 0) is 28.7 Å². The molecule has 1 aliphatic rings. The number of amides is 2. The Bertz CT molecular complexity index is 1070. The maximum absolute atomic E-state index is 12.6. The minimum Gasteiger partial charge on any atom is -0.348 e. The van der Waals surface area contributed by atoms with Gasteiger partial charge in [-0.2, -0.15) is 0 Å². The molecule has 146 valence electrons. The number of benzene rings is 3. The predicted octanol–water partition coefficient (Wildman–Crippen LogP) is 3.27. The lowest BCUT2D eigenvalue weighted by Crippen LogP contribution is -2.38. The number of hydrogen-bond acceptors (Lipinski definition) is 3. The SMILES string of the molecule is O=C(NCc1ccccc1)c1ccc2c(c1)N(Cc1ccccc1)C(=O)C[S@]2=O. The van der Waals surface area contributed by atoms with Crippen LogP contribution in [0, 0.1) is 0 Å². The molecule has 4 rings (SSSR count). The first kappa shape index (κ1) is 19.1. The zero-order valence-corrected chi connectivity index (χ0v) is 16.5. The lowest BCUT2D eigenvalue weighted by Gasteiger charge is -2.29. The molecule has 0 aliphatic carbocycles. The average Bonchev–Trinajstić information content (AvgIpc) is 2.76. The quantitative estimate of drug-likeness (QED) is 0.710. The van der Waals surface area contributed by atoms with Crippen LogP contribution in [-0.4, -0.2) is 21.8 Å². The Morgan fingerprint density at radius 3 is 2.28 bits per heavy atom. The summed E-state index contributed by atoms with van der Waals surface area (Å²) in [5.74, 6) is -0.485. The number of carbonyl (C=O) groups excluding carboxylic acids is 2. The van der Waals surface area contributed by atoms with Crippen LogP contribution >= 0.6 is 0 Å². The third kappa shape index (κ3) is 4.27. The topological polar surface area (TPSA) is 66.5 Å². The van der Waals surface area contributed by atoms with Crippen molar-refractivity contribution in [3.05, 3.63) is 95.6 Å². The van der Waals surface area contributed by atoms with E-state index in [1.165, 1.54) is 0 Å². The summed E-state index contributed by atoms with van der Waals surface area (Å²) < 4.78 is 12.4. The fourth-order valence-corrected chi connectivity index (χ4v) is 4.44. The molecule has 1 N–H and O–H groups in total. The van der Waals surface area contributed by atoms with Crippen LogP contribution in [0.15, 0.2) is 83.8 Å². The summed E-state index contributed by atoms with van der Waals surface area (Å²) >= 11 is 0. The third-order valence-corrected chi connectivity index (χ3v) is 6.14. The fourth-order valence-electron chi connectivity index (χ4n) is 3.28. The Hall–Kier alpha value is -3.25. The van der Waals surface area contributed by atoms with Gasteiger partial charge >= 0.3 is 0 Å². The highest BCUT2D eigenvalue weighted by atomic mass is 32.2. The summed E-state index contributed by atoms with van der Waals surface area (Å²) in [6.07, 6.45) is 0. The van der Waals surface area contributed by atoms with Gasteiger partial charge in [0.05, 0.1) is 27.9 Å². The summed E-state index contributed by atoms with van der Waals surface area (Å²) in [5, 5.41) is 2.89. The normalized spacial score (nSPS) is 15.7. The van der Waals surface area contributed by atoms with Crippen LogP contribution in [0.3, 0.4) is 0 Å². The Balaban J connectivity index is 1.59. The molecule has 1 atom stereocenters. The summed E-state index contributed by atoms with van der Waals surface area (Å²) in [6.45, 7) is 0.786. The number of rotatable bonds is 5. The van der Waals surface area contributed by atoms with Gasteiger partial charge in [0, 0.05) is 12.1 Å². The van der Waals surface area contributed by atoms with Crippen LogP contribution in [0.25, 0.3) is 0 Å². The van der Waals surface area contributed by atoms with Gasteiger partial charge in [0.25, 0.3) is 5.91 Å². The van der Waals surface area contributed by atoms with Gasteiger partial charge in [-0.15, -0.1) is 0 Å². The van der Waals surface area contributed by atoms with Gasteiger partial charge in [-0.1, -0.05) is 60.7 Å². The van der Waals surface area contributed by atoms with E-state index >= 15 is 0 Å². The Morgan fingerprint density at radius 2 is 1.59 bits per heavy atom. The summed E-state index contributed by atoms with van der Waals surface area (Å²) in [5.41, 5.74) is 2.94. The fraction of sp³-hybridized carbons (Fsp3) is 0.130. The molecule has 0 unspecified atom stereocenters. The molecular formula is C23H20N2O3S. The zero-order chi connectivity index (χ0) is 20.2. The van der Waals surface area contributed by atoms with Crippen molar-refractivity contribution in [1.82, 2.24) is 5.32 Å². The number of nitrogens with one attached hydrogen (secondary N) is 1. The number of hydrogen-bond donors (Lipinski definition) is 1. The smallest absolute Gasteiger partial charge is 0.251 e. The van der Waals surface area contributed by atoms with E-state index in [0.717, 1.165) is 11.1 Å². The summed E-state index contributed by atoms with van der Waals surface area (Å²) in [7, 11) is -1.40. The standard InChI is InChI=1S/C23H20N2O3S/c26-22-16-29(28)21-12-11-19(23(27)24-14-17-7-3-1-4-8-17)13-20(21)25(22)15-18-9-5-2-6-10-18/h1-13H,14-16H2,(H,24,27)/t29-/m1/s1. The summed E-state index contributed by atoms with van der Waals surface area (Å²) in [4.78, 5) is 27.4. The van der Waals surface area contributed by atoms with Crippen molar-refractivity contribution in [2.75, 3.05) is 10.7 Å². The van der Waals surface area contributed by atoms with E-state index in [2.05, 4.69) is 5.32 Å². The molecule has 5 nitrogen and oxygen atoms in total. The first-order valence-corrected chi connectivity index (χ1v) is 10.6. The molecule has 1 aliphatic heterocycles. The van der Waals surface area contributed by atoms with Gasteiger partial charge in [-0.25, -0.2) is 0 Å². The minimum absolute atomic E-state index is 0.0423. The number of anilines is 1. The number of fused-ring (bicyclic) bond motifs is 1. The van der Waals surface area contributed by atoms with Crippen LogP contribution in [0.2, 0.25) is 0 Å². The van der Waals surface area contributed by atoms with Crippen molar-refractivity contribution in [3.8, 4) is 0 Å². The molecule has 1 heterocycles. The highest BCUT2D eigenvalue weighted by Gasteiger charge is 2.30. The zero-order valence-electron chi connectivity index (χ0n) is 15.7. The van der Waals surface area contributed by atoms with E-state index in [0.29, 0.717) is 29.2 Å². The first-order valence-electron chi connectivity index (χ1n) is 9.30. The first-order chi connectivity index (χ1) is 14.1. The largest absolute Gasteiger partial charge is 0.348 e. The molecule has 0 aromatic heterocycles. The second kappa shape index (κ2) is 8.41. The van der Waals surface area contributed by atoms with Crippen molar-refractivity contribution in [2.45, 2.75) is 18.0 Å². The molecule has 0 radical (unpaired) electrons. The highest BCUT2D eigenvalue weighted by Crippen LogP contribution is 2.31. The van der Waals surface area contributed by atoms with Gasteiger partial charge in [0.1, 0.15) is 5.75 Å². The molecule has 2 amide bonds. The molecule has 0 fully saturated rings. The maximum atomic E-state index is 12.6. The molecule has 3 aromatic carbocycles. The van der Waals surface area contributed by atoms with Crippen molar-refractivity contribution in [3.63, 3.8) is 0 Å². The van der Waals surface area contributed by atoms with Crippen LogP contribution in [0.4, 0.5) is 5.69 Å². The Morgan fingerprint density at radius 1 is 0.931 bits per heavy atom. The molecule has 3 aromatic rings. The van der Waals surface area contributed by atoms with E-state index < -0.39 is 10.8 Å². The van der Waals surface area contributed by atoms with E-state index in [1.807, 2.05) is 60.7 Å². The molecule has 0 saturated heterocycles. The van der Waals surface area contributed by atoms with Crippen molar-refractivity contribution in [2.24, 2.45) is 0 Å². The summed E-state index contributed by atoms with van der Waals surface area (Å²) in [6, 6.07) is 24.3. The molecule has 0 saturated carbocycles. The third-order valence-electron chi connectivity index (χ3n) is 4.79. The van der Waals surface area contributed by atoms with Crippen molar-refractivity contribution >= 4 is 28.3 Å².